The van der Waals surface area contributed by atoms with Crippen LogP contribution in [0.5, 0.6) is 17.2 Å². The number of ether oxygens (including phenoxy) is 3. The lowest BCUT2D eigenvalue weighted by Crippen LogP contribution is -2.38. The Morgan fingerprint density at radius 1 is 1.03 bits per heavy atom. The average Bonchev–Trinajstić information content (AvgIpc) is 2.84. The topological polar surface area (TPSA) is 94.2 Å². The zero-order chi connectivity index (χ0) is 25.0. The van der Waals surface area contributed by atoms with Crippen LogP contribution in [-0.2, 0) is 14.8 Å². The van der Waals surface area contributed by atoms with Crippen LogP contribution in [0, 0.1) is 5.82 Å². The SMILES string of the molecule is CC(C)Oc1ccccc1NC(=O)CN(c1ccc(F)cc1)S(=O)(=O)c1ccc2c(c1)OCCO2. The van der Waals surface area contributed by atoms with E-state index in [1.807, 2.05) is 13.8 Å². The van der Waals surface area contributed by atoms with Crippen LogP contribution in [0.4, 0.5) is 15.8 Å². The number of fused-ring (bicyclic) bond motifs is 1. The largest absolute Gasteiger partial charge is 0.489 e. The van der Waals surface area contributed by atoms with E-state index < -0.39 is 28.3 Å². The molecule has 0 radical (unpaired) electrons. The second kappa shape index (κ2) is 10.2. The fraction of sp³-hybridized carbons (Fsp3) is 0.240. The first-order chi connectivity index (χ1) is 16.7. The molecule has 1 amide bonds. The minimum Gasteiger partial charge on any atom is -0.489 e. The normalized spacial score (nSPS) is 12.8. The highest BCUT2D eigenvalue weighted by molar-refractivity contribution is 7.92. The molecule has 1 aliphatic heterocycles. The Balaban J connectivity index is 1.65. The Labute approximate surface area is 203 Å². The van der Waals surface area contributed by atoms with E-state index in [0.717, 1.165) is 16.4 Å². The predicted molar refractivity (Wildman–Crippen MR) is 129 cm³/mol. The Bertz CT molecular complexity index is 1310. The minimum atomic E-state index is -4.23. The van der Waals surface area contributed by atoms with E-state index in [-0.39, 0.29) is 16.7 Å². The molecule has 1 aliphatic rings. The summed E-state index contributed by atoms with van der Waals surface area (Å²) in [5.41, 5.74) is 0.533. The van der Waals surface area contributed by atoms with Crippen molar-refractivity contribution < 1.29 is 31.8 Å². The number of amides is 1. The number of nitrogens with zero attached hydrogens (tertiary/aromatic N) is 1. The van der Waals surface area contributed by atoms with Gasteiger partial charge in [0, 0.05) is 6.07 Å². The molecule has 10 heteroatoms. The summed E-state index contributed by atoms with van der Waals surface area (Å²) in [7, 11) is -4.23. The molecule has 8 nitrogen and oxygen atoms in total. The third-order valence-corrected chi connectivity index (χ3v) is 6.80. The van der Waals surface area contributed by atoms with Crippen molar-refractivity contribution in [2.24, 2.45) is 0 Å². The number of nitrogens with one attached hydrogen (secondary N) is 1. The maximum atomic E-state index is 13.6. The first-order valence-corrected chi connectivity index (χ1v) is 12.4. The van der Waals surface area contributed by atoms with Crippen molar-refractivity contribution >= 4 is 27.3 Å². The van der Waals surface area contributed by atoms with Gasteiger partial charge in [-0.3, -0.25) is 9.10 Å². The Morgan fingerprint density at radius 3 is 2.43 bits per heavy atom. The van der Waals surface area contributed by atoms with E-state index in [4.69, 9.17) is 14.2 Å². The Morgan fingerprint density at radius 2 is 1.71 bits per heavy atom. The summed E-state index contributed by atoms with van der Waals surface area (Å²) in [5.74, 6) is 0.0485. The molecule has 4 rings (SSSR count). The van der Waals surface area contributed by atoms with E-state index in [9.17, 15) is 17.6 Å². The molecule has 1 heterocycles. The van der Waals surface area contributed by atoms with Crippen LogP contribution < -0.4 is 23.8 Å². The van der Waals surface area contributed by atoms with Crippen molar-refractivity contribution in [1.29, 1.82) is 0 Å². The fourth-order valence-electron chi connectivity index (χ4n) is 3.48. The van der Waals surface area contributed by atoms with Gasteiger partial charge in [0.1, 0.15) is 31.3 Å². The summed E-state index contributed by atoms with van der Waals surface area (Å²) in [5, 5.41) is 2.71. The second-order valence-electron chi connectivity index (χ2n) is 8.00. The van der Waals surface area contributed by atoms with Gasteiger partial charge in [-0.2, -0.15) is 0 Å². The average molecular weight is 501 g/mol. The number of hydrogen-bond acceptors (Lipinski definition) is 6. The molecule has 3 aromatic rings. The highest BCUT2D eigenvalue weighted by Gasteiger charge is 2.29. The van der Waals surface area contributed by atoms with Crippen LogP contribution in [-0.4, -0.2) is 40.2 Å². The van der Waals surface area contributed by atoms with E-state index in [1.54, 1.807) is 24.3 Å². The quantitative estimate of drug-likeness (QED) is 0.498. The molecular formula is C25H25FN2O6S. The van der Waals surface area contributed by atoms with Gasteiger partial charge in [0.05, 0.1) is 22.4 Å². The summed E-state index contributed by atoms with van der Waals surface area (Å²) < 4.78 is 58.5. The molecule has 0 saturated carbocycles. The van der Waals surface area contributed by atoms with Gasteiger partial charge < -0.3 is 19.5 Å². The zero-order valence-corrected chi connectivity index (χ0v) is 20.0. The molecule has 3 aromatic carbocycles. The predicted octanol–water partition coefficient (Wildman–Crippen LogP) is 4.22. The van der Waals surface area contributed by atoms with Gasteiger partial charge in [0.2, 0.25) is 5.91 Å². The van der Waals surface area contributed by atoms with Crippen molar-refractivity contribution in [2.75, 3.05) is 29.4 Å². The van der Waals surface area contributed by atoms with Gasteiger partial charge in [0.15, 0.2) is 11.5 Å². The summed E-state index contributed by atoms with van der Waals surface area (Å²) in [6.45, 7) is 3.81. The molecule has 0 fully saturated rings. The van der Waals surface area contributed by atoms with Crippen LogP contribution in [0.1, 0.15) is 13.8 Å². The van der Waals surface area contributed by atoms with E-state index >= 15 is 0 Å². The molecule has 0 unspecified atom stereocenters. The zero-order valence-electron chi connectivity index (χ0n) is 19.2. The van der Waals surface area contributed by atoms with Crippen molar-refractivity contribution in [1.82, 2.24) is 0 Å². The van der Waals surface area contributed by atoms with Crippen LogP contribution in [0.2, 0.25) is 0 Å². The maximum absolute atomic E-state index is 13.6. The van der Waals surface area contributed by atoms with E-state index in [1.165, 1.54) is 30.3 Å². The molecule has 35 heavy (non-hydrogen) atoms. The molecule has 0 bridgehead atoms. The van der Waals surface area contributed by atoms with Crippen molar-refractivity contribution in [3.8, 4) is 17.2 Å². The lowest BCUT2D eigenvalue weighted by atomic mass is 10.2. The summed E-state index contributed by atoms with van der Waals surface area (Å²) in [6, 6.07) is 16.0. The first-order valence-electron chi connectivity index (χ1n) is 11.0. The molecule has 0 aromatic heterocycles. The number of benzene rings is 3. The summed E-state index contributed by atoms with van der Waals surface area (Å²) in [6.07, 6.45) is -0.126. The number of rotatable bonds is 8. The highest BCUT2D eigenvalue weighted by atomic mass is 32.2. The summed E-state index contributed by atoms with van der Waals surface area (Å²) in [4.78, 5) is 12.9. The number of para-hydroxylation sites is 2. The fourth-order valence-corrected chi connectivity index (χ4v) is 4.92. The van der Waals surface area contributed by atoms with Gasteiger partial charge in [-0.1, -0.05) is 12.1 Å². The van der Waals surface area contributed by atoms with Gasteiger partial charge in [-0.25, -0.2) is 12.8 Å². The lowest BCUT2D eigenvalue weighted by Gasteiger charge is -2.25. The van der Waals surface area contributed by atoms with Crippen LogP contribution in [0.3, 0.4) is 0 Å². The van der Waals surface area contributed by atoms with Gasteiger partial charge in [0.25, 0.3) is 10.0 Å². The number of anilines is 2. The number of sulfonamides is 1. The van der Waals surface area contributed by atoms with Crippen LogP contribution >= 0.6 is 0 Å². The molecule has 184 valence electrons. The second-order valence-corrected chi connectivity index (χ2v) is 9.87. The van der Waals surface area contributed by atoms with Gasteiger partial charge in [-0.05, 0) is 62.4 Å². The molecule has 0 atom stereocenters. The number of halogens is 1. The van der Waals surface area contributed by atoms with Crippen LogP contribution in [0.25, 0.3) is 0 Å². The van der Waals surface area contributed by atoms with E-state index in [0.29, 0.717) is 36.1 Å². The number of carbonyl (C=O) groups excluding carboxylic acids is 1. The smallest absolute Gasteiger partial charge is 0.264 e. The van der Waals surface area contributed by atoms with Crippen LogP contribution in [0.15, 0.2) is 71.6 Å². The molecule has 0 spiro atoms. The standard InChI is InChI=1S/C25H25FN2O6S/c1-17(2)34-22-6-4-3-5-21(22)27-25(29)16-28(19-9-7-18(26)8-10-19)35(30,31)20-11-12-23-24(15-20)33-14-13-32-23/h3-12,15,17H,13-14,16H2,1-2H3,(H,27,29). The van der Waals surface area contributed by atoms with Crippen molar-refractivity contribution in [3.05, 3.63) is 72.5 Å². The number of hydrogen-bond donors (Lipinski definition) is 1. The first kappa shape index (κ1) is 24.3. The minimum absolute atomic E-state index is 0.0950. The summed E-state index contributed by atoms with van der Waals surface area (Å²) >= 11 is 0. The van der Waals surface area contributed by atoms with Crippen molar-refractivity contribution in [3.63, 3.8) is 0 Å². The molecule has 0 saturated heterocycles. The molecule has 1 N–H and O–H groups in total. The third kappa shape index (κ3) is 5.65. The lowest BCUT2D eigenvalue weighted by molar-refractivity contribution is -0.114. The Hall–Kier alpha value is -3.79. The third-order valence-electron chi connectivity index (χ3n) is 5.03. The maximum Gasteiger partial charge on any atom is 0.264 e. The monoisotopic (exact) mass is 500 g/mol. The highest BCUT2D eigenvalue weighted by Crippen LogP contribution is 2.34. The van der Waals surface area contributed by atoms with E-state index in [2.05, 4.69) is 5.32 Å². The van der Waals surface area contributed by atoms with Crippen molar-refractivity contribution in [2.45, 2.75) is 24.8 Å². The van der Waals surface area contributed by atoms with Gasteiger partial charge in [-0.15, -0.1) is 0 Å². The molecular weight excluding hydrogens is 475 g/mol. The molecule has 0 aliphatic carbocycles. The van der Waals surface area contributed by atoms with Gasteiger partial charge >= 0.3 is 0 Å². The Kier molecular flexibility index (Phi) is 7.11. The number of carbonyl (C=O) groups is 1.